The normalized spacial score (nSPS) is 12.1. The first-order valence-electron chi connectivity index (χ1n) is 6.75. The van der Waals surface area contributed by atoms with Gasteiger partial charge in [0.15, 0.2) is 0 Å². The summed E-state index contributed by atoms with van der Waals surface area (Å²) in [6, 6.07) is 9.11. The van der Waals surface area contributed by atoms with Crippen LogP contribution in [0, 0.1) is 11.3 Å². The molecule has 2 heteroatoms. The SMILES string of the molecule is CCc1ccc(CC(CBr)(CBr)CC(C)C)cc1. The summed E-state index contributed by atoms with van der Waals surface area (Å²) in [7, 11) is 0. The molecule has 0 aliphatic rings. The summed E-state index contributed by atoms with van der Waals surface area (Å²) in [4.78, 5) is 0. The molecular weight excluding hydrogens is 352 g/mol. The molecule has 1 aromatic carbocycles. The van der Waals surface area contributed by atoms with Gasteiger partial charge in [-0.2, -0.15) is 0 Å². The highest BCUT2D eigenvalue weighted by Crippen LogP contribution is 2.34. The van der Waals surface area contributed by atoms with E-state index in [-0.39, 0.29) is 0 Å². The largest absolute Gasteiger partial charge is 0.0922 e. The lowest BCUT2D eigenvalue weighted by molar-refractivity contribution is 0.304. The number of halogens is 2. The van der Waals surface area contributed by atoms with Crippen LogP contribution in [0.25, 0.3) is 0 Å². The zero-order chi connectivity index (χ0) is 13.6. The van der Waals surface area contributed by atoms with Crippen LogP contribution < -0.4 is 0 Å². The summed E-state index contributed by atoms with van der Waals surface area (Å²) < 4.78 is 0. The van der Waals surface area contributed by atoms with Crippen LogP contribution in [0.3, 0.4) is 0 Å². The monoisotopic (exact) mass is 374 g/mol. The van der Waals surface area contributed by atoms with E-state index in [0.717, 1.165) is 29.4 Å². The van der Waals surface area contributed by atoms with Crippen LogP contribution in [0.5, 0.6) is 0 Å². The Morgan fingerprint density at radius 3 is 1.89 bits per heavy atom. The van der Waals surface area contributed by atoms with Crippen molar-refractivity contribution in [3.05, 3.63) is 35.4 Å². The van der Waals surface area contributed by atoms with Crippen molar-refractivity contribution in [2.75, 3.05) is 10.7 Å². The first-order chi connectivity index (χ1) is 8.55. The van der Waals surface area contributed by atoms with E-state index in [0.29, 0.717) is 5.41 Å². The predicted molar refractivity (Wildman–Crippen MR) is 89.0 cm³/mol. The Labute approximate surface area is 129 Å². The number of rotatable bonds is 7. The number of benzene rings is 1. The van der Waals surface area contributed by atoms with Crippen LogP contribution in [-0.4, -0.2) is 10.7 Å². The van der Waals surface area contributed by atoms with Crippen LogP contribution in [-0.2, 0) is 12.8 Å². The molecule has 0 aromatic heterocycles. The molecule has 18 heavy (non-hydrogen) atoms. The average molecular weight is 376 g/mol. The maximum Gasteiger partial charge on any atom is 0.00992 e. The third-order valence-corrected chi connectivity index (χ3v) is 5.80. The molecule has 0 fully saturated rings. The first-order valence-corrected chi connectivity index (χ1v) is 8.99. The minimum Gasteiger partial charge on any atom is -0.0922 e. The Hall–Kier alpha value is 0.180. The number of hydrogen-bond donors (Lipinski definition) is 0. The molecule has 0 spiro atoms. The van der Waals surface area contributed by atoms with Gasteiger partial charge in [-0.3, -0.25) is 0 Å². The highest BCUT2D eigenvalue weighted by atomic mass is 79.9. The molecule has 102 valence electrons. The molecule has 1 rings (SSSR count). The topological polar surface area (TPSA) is 0 Å². The van der Waals surface area contributed by atoms with Crippen molar-refractivity contribution in [3.63, 3.8) is 0 Å². The van der Waals surface area contributed by atoms with Crippen molar-refractivity contribution in [2.45, 2.75) is 40.0 Å². The Bertz CT molecular complexity index is 337. The zero-order valence-corrected chi connectivity index (χ0v) is 14.9. The van der Waals surface area contributed by atoms with Crippen molar-refractivity contribution in [1.29, 1.82) is 0 Å². The lowest BCUT2D eigenvalue weighted by Gasteiger charge is -2.32. The van der Waals surface area contributed by atoms with Crippen LogP contribution in [0.15, 0.2) is 24.3 Å². The summed E-state index contributed by atoms with van der Waals surface area (Å²) in [5.41, 5.74) is 3.21. The van der Waals surface area contributed by atoms with E-state index in [1.54, 1.807) is 0 Å². The van der Waals surface area contributed by atoms with Crippen molar-refractivity contribution in [3.8, 4) is 0 Å². The number of aryl methyl sites for hydroxylation is 1. The lowest BCUT2D eigenvalue weighted by atomic mass is 9.78. The standard InChI is InChI=1S/C16H24Br2/c1-4-14-5-7-15(8-6-14)10-16(11-17,12-18)9-13(2)3/h5-8,13H,4,9-12H2,1-3H3. The fraction of sp³-hybridized carbons (Fsp3) is 0.625. The highest BCUT2D eigenvalue weighted by molar-refractivity contribution is 9.09. The van der Waals surface area contributed by atoms with Gasteiger partial charge < -0.3 is 0 Å². The van der Waals surface area contributed by atoms with Gasteiger partial charge in [0, 0.05) is 10.7 Å². The Kier molecular flexibility index (Phi) is 6.94. The Balaban J connectivity index is 2.81. The van der Waals surface area contributed by atoms with Gasteiger partial charge in [0.2, 0.25) is 0 Å². The summed E-state index contributed by atoms with van der Waals surface area (Å²) in [5, 5.41) is 2.11. The van der Waals surface area contributed by atoms with E-state index in [9.17, 15) is 0 Å². The van der Waals surface area contributed by atoms with Crippen molar-refractivity contribution >= 4 is 31.9 Å². The number of alkyl halides is 2. The van der Waals surface area contributed by atoms with Gasteiger partial charge >= 0.3 is 0 Å². The Morgan fingerprint density at radius 1 is 1.00 bits per heavy atom. The quantitative estimate of drug-likeness (QED) is 0.543. The van der Waals surface area contributed by atoms with Gasteiger partial charge in [-0.25, -0.2) is 0 Å². The summed E-state index contributed by atoms with van der Waals surface area (Å²) in [5.74, 6) is 0.731. The summed E-state index contributed by atoms with van der Waals surface area (Å²) in [6.07, 6.45) is 3.51. The van der Waals surface area contributed by atoms with Gasteiger partial charge in [0.05, 0.1) is 0 Å². The van der Waals surface area contributed by atoms with Gasteiger partial charge in [-0.05, 0) is 41.7 Å². The van der Waals surface area contributed by atoms with E-state index in [2.05, 4.69) is 76.9 Å². The minimum atomic E-state index is 0.335. The lowest BCUT2D eigenvalue weighted by Crippen LogP contribution is -2.29. The molecule has 0 unspecified atom stereocenters. The third kappa shape index (κ3) is 4.70. The molecule has 0 saturated heterocycles. The zero-order valence-electron chi connectivity index (χ0n) is 11.7. The first kappa shape index (κ1) is 16.2. The van der Waals surface area contributed by atoms with Crippen molar-refractivity contribution in [1.82, 2.24) is 0 Å². The molecule has 0 N–H and O–H groups in total. The molecule has 0 radical (unpaired) electrons. The van der Waals surface area contributed by atoms with Crippen LogP contribution in [0.1, 0.15) is 38.3 Å². The molecule has 0 amide bonds. The van der Waals surface area contributed by atoms with Crippen LogP contribution in [0.2, 0.25) is 0 Å². The smallest absolute Gasteiger partial charge is 0.00992 e. The molecule has 0 saturated carbocycles. The van der Waals surface area contributed by atoms with E-state index < -0.39 is 0 Å². The van der Waals surface area contributed by atoms with Gasteiger partial charge in [-0.15, -0.1) is 0 Å². The van der Waals surface area contributed by atoms with Gasteiger partial charge in [0.25, 0.3) is 0 Å². The molecule has 0 bridgehead atoms. The predicted octanol–water partition coefficient (Wildman–Crippen LogP) is 5.61. The van der Waals surface area contributed by atoms with Crippen LogP contribution >= 0.6 is 31.9 Å². The second-order valence-corrected chi connectivity index (χ2v) is 6.83. The van der Waals surface area contributed by atoms with E-state index in [4.69, 9.17) is 0 Å². The molecule has 0 heterocycles. The van der Waals surface area contributed by atoms with Gasteiger partial charge in [0.1, 0.15) is 0 Å². The van der Waals surface area contributed by atoms with Crippen molar-refractivity contribution in [2.24, 2.45) is 11.3 Å². The van der Waals surface area contributed by atoms with Crippen molar-refractivity contribution < 1.29 is 0 Å². The molecular formula is C16H24Br2. The minimum absolute atomic E-state index is 0.335. The summed E-state index contributed by atoms with van der Waals surface area (Å²) >= 11 is 7.43. The molecule has 0 atom stereocenters. The molecule has 0 aliphatic carbocycles. The Morgan fingerprint density at radius 2 is 1.50 bits per heavy atom. The third-order valence-electron chi connectivity index (χ3n) is 3.42. The van der Waals surface area contributed by atoms with E-state index in [1.165, 1.54) is 17.5 Å². The second kappa shape index (κ2) is 7.69. The number of hydrogen-bond acceptors (Lipinski definition) is 0. The molecule has 1 aromatic rings. The van der Waals surface area contributed by atoms with Gasteiger partial charge in [-0.1, -0.05) is 76.9 Å². The van der Waals surface area contributed by atoms with E-state index in [1.807, 2.05) is 0 Å². The fourth-order valence-corrected chi connectivity index (χ4v) is 4.29. The van der Waals surface area contributed by atoms with E-state index >= 15 is 0 Å². The molecule has 0 nitrogen and oxygen atoms in total. The van der Waals surface area contributed by atoms with Crippen LogP contribution in [0.4, 0.5) is 0 Å². The summed E-state index contributed by atoms with van der Waals surface area (Å²) in [6.45, 7) is 6.82. The highest BCUT2D eigenvalue weighted by Gasteiger charge is 2.29. The fourth-order valence-electron chi connectivity index (χ4n) is 2.50. The molecule has 0 aliphatic heterocycles. The second-order valence-electron chi connectivity index (χ2n) is 5.71. The maximum absolute atomic E-state index is 3.72. The maximum atomic E-state index is 3.72. The average Bonchev–Trinajstić information content (AvgIpc) is 2.38.